The Morgan fingerprint density at radius 2 is 2.33 bits per heavy atom. The summed E-state index contributed by atoms with van der Waals surface area (Å²) < 4.78 is 4.51. The molecule has 0 aromatic carbocycles. The Labute approximate surface area is 88.6 Å². The van der Waals surface area contributed by atoms with E-state index < -0.39 is 0 Å². The van der Waals surface area contributed by atoms with Crippen LogP contribution in [0.4, 0.5) is 11.5 Å². The zero-order chi connectivity index (χ0) is 11.3. The minimum Gasteiger partial charge on any atom is -0.469 e. The van der Waals surface area contributed by atoms with E-state index in [2.05, 4.69) is 15.0 Å². The third-order valence-corrected chi connectivity index (χ3v) is 1.91. The zero-order valence-corrected chi connectivity index (χ0v) is 8.91. The number of esters is 1. The van der Waals surface area contributed by atoms with Crippen molar-refractivity contribution in [2.75, 3.05) is 24.7 Å². The van der Waals surface area contributed by atoms with Crippen molar-refractivity contribution in [3.8, 4) is 0 Å². The van der Waals surface area contributed by atoms with E-state index in [4.69, 9.17) is 5.73 Å². The van der Waals surface area contributed by atoms with Gasteiger partial charge in [0.2, 0.25) is 0 Å². The van der Waals surface area contributed by atoms with Crippen LogP contribution < -0.4 is 11.1 Å². The summed E-state index contributed by atoms with van der Waals surface area (Å²) in [4.78, 5) is 15.0. The summed E-state index contributed by atoms with van der Waals surface area (Å²) in [5.74, 6) is 0.354. The van der Waals surface area contributed by atoms with Crippen LogP contribution in [0.25, 0.3) is 0 Å². The van der Waals surface area contributed by atoms with Gasteiger partial charge in [0.25, 0.3) is 0 Å². The summed E-state index contributed by atoms with van der Waals surface area (Å²) in [6, 6.07) is 3.61. The number of nitrogens with two attached hydrogens (primary N) is 1. The summed E-state index contributed by atoms with van der Waals surface area (Å²) in [5, 5.41) is 2.98. The second kappa shape index (κ2) is 5.19. The fourth-order valence-corrected chi connectivity index (χ4v) is 1.09. The third kappa shape index (κ3) is 3.46. The van der Waals surface area contributed by atoms with E-state index in [0.29, 0.717) is 24.5 Å². The Balaban J connectivity index is 2.50. The van der Waals surface area contributed by atoms with Crippen LogP contribution in [-0.2, 0) is 9.53 Å². The van der Waals surface area contributed by atoms with Crippen LogP contribution in [0.5, 0.6) is 0 Å². The van der Waals surface area contributed by atoms with Gasteiger partial charge < -0.3 is 15.8 Å². The van der Waals surface area contributed by atoms with Crippen LogP contribution in [0.1, 0.15) is 12.1 Å². The molecule has 82 valence electrons. The van der Waals surface area contributed by atoms with Crippen molar-refractivity contribution in [3.63, 3.8) is 0 Å². The van der Waals surface area contributed by atoms with Crippen molar-refractivity contribution >= 4 is 17.5 Å². The van der Waals surface area contributed by atoms with Gasteiger partial charge in [0, 0.05) is 12.2 Å². The average Bonchev–Trinajstić information content (AvgIpc) is 2.23. The normalized spacial score (nSPS) is 9.73. The van der Waals surface area contributed by atoms with E-state index in [1.165, 1.54) is 7.11 Å². The number of ether oxygens (including phenoxy) is 1. The summed E-state index contributed by atoms with van der Waals surface area (Å²) in [7, 11) is 1.36. The number of nitrogens with one attached hydrogen (secondary N) is 1. The van der Waals surface area contributed by atoms with Crippen molar-refractivity contribution in [1.29, 1.82) is 0 Å². The first-order valence-electron chi connectivity index (χ1n) is 4.67. The molecule has 0 saturated carbocycles. The minimum atomic E-state index is -0.256. The first-order valence-corrected chi connectivity index (χ1v) is 4.67. The molecule has 1 rings (SSSR count). The lowest BCUT2D eigenvalue weighted by atomic mass is 10.3. The number of hydrogen-bond donors (Lipinski definition) is 2. The van der Waals surface area contributed by atoms with Crippen LogP contribution in [-0.4, -0.2) is 24.6 Å². The molecule has 5 heteroatoms. The fraction of sp³-hybridized carbons (Fsp3) is 0.400. The number of carbonyl (C=O) groups is 1. The number of nitrogens with zero attached hydrogens (tertiary/aromatic N) is 1. The largest absolute Gasteiger partial charge is 0.469 e. The van der Waals surface area contributed by atoms with Gasteiger partial charge in [-0.2, -0.15) is 0 Å². The van der Waals surface area contributed by atoms with Gasteiger partial charge in [0.1, 0.15) is 5.82 Å². The van der Waals surface area contributed by atoms with Gasteiger partial charge >= 0.3 is 5.97 Å². The molecule has 0 fully saturated rings. The molecular weight excluding hydrogens is 194 g/mol. The van der Waals surface area contributed by atoms with E-state index in [1.807, 2.05) is 13.0 Å². The van der Waals surface area contributed by atoms with Crippen LogP contribution in [0.3, 0.4) is 0 Å². The van der Waals surface area contributed by atoms with Crippen molar-refractivity contribution < 1.29 is 9.53 Å². The monoisotopic (exact) mass is 209 g/mol. The minimum absolute atomic E-state index is 0.256. The van der Waals surface area contributed by atoms with E-state index in [0.717, 1.165) is 5.69 Å². The third-order valence-electron chi connectivity index (χ3n) is 1.91. The summed E-state index contributed by atoms with van der Waals surface area (Å²) >= 11 is 0. The Kier molecular flexibility index (Phi) is 3.91. The maximum Gasteiger partial charge on any atom is 0.307 e. The number of anilines is 2. The number of nitrogen functional groups attached to an aromatic ring is 1. The summed E-state index contributed by atoms with van der Waals surface area (Å²) in [5.41, 5.74) is 7.15. The molecule has 0 aliphatic carbocycles. The van der Waals surface area contributed by atoms with Gasteiger partial charge in [-0.15, -0.1) is 0 Å². The molecule has 0 bridgehead atoms. The molecule has 0 atom stereocenters. The Hall–Kier alpha value is -1.78. The molecule has 0 saturated heterocycles. The maximum absolute atomic E-state index is 10.8. The first kappa shape index (κ1) is 11.3. The second-order valence-corrected chi connectivity index (χ2v) is 3.14. The highest BCUT2D eigenvalue weighted by Gasteiger charge is 2.02. The van der Waals surface area contributed by atoms with Gasteiger partial charge in [-0.25, -0.2) is 4.98 Å². The predicted molar refractivity (Wildman–Crippen MR) is 58.5 cm³/mol. The van der Waals surface area contributed by atoms with Crippen molar-refractivity contribution in [3.05, 3.63) is 17.8 Å². The summed E-state index contributed by atoms with van der Waals surface area (Å²) in [6.07, 6.45) is 0.297. The molecule has 0 radical (unpaired) electrons. The van der Waals surface area contributed by atoms with Crippen molar-refractivity contribution in [2.24, 2.45) is 0 Å². The molecule has 0 spiro atoms. The second-order valence-electron chi connectivity index (χ2n) is 3.14. The number of carbonyl (C=O) groups excluding carboxylic acids is 1. The molecule has 0 amide bonds. The topological polar surface area (TPSA) is 77.2 Å². The van der Waals surface area contributed by atoms with Crippen LogP contribution >= 0.6 is 0 Å². The number of aromatic nitrogens is 1. The lowest BCUT2D eigenvalue weighted by Gasteiger charge is -2.07. The quantitative estimate of drug-likeness (QED) is 0.722. The molecule has 5 nitrogen and oxygen atoms in total. The van der Waals surface area contributed by atoms with Gasteiger partial charge in [0.05, 0.1) is 19.2 Å². The molecule has 0 aliphatic rings. The Bertz CT molecular complexity index is 353. The van der Waals surface area contributed by atoms with Crippen LogP contribution in [0, 0.1) is 6.92 Å². The van der Waals surface area contributed by atoms with Gasteiger partial charge in [-0.1, -0.05) is 0 Å². The van der Waals surface area contributed by atoms with E-state index >= 15 is 0 Å². The SMILES string of the molecule is COC(=O)CCNc1nc(C)ccc1N. The fourth-order valence-electron chi connectivity index (χ4n) is 1.09. The van der Waals surface area contributed by atoms with E-state index in [-0.39, 0.29) is 5.97 Å². The first-order chi connectivity index (χ1) is 7.13. The lowest BCUT2D eigenvalue weighted by molar-refractivity contribution is -0.140. The predicted octanol–water partition coefficient (Wildman–Crippen LogP) is 0.947. The number of hydrogen-bond acceptors (Lipinski definition) is 5. The molecule has 0 unspecified atom stereocenters. The molecule has 1 heterocycles. The molecule has 1 aromatic rings. The number of methoxy groups -OCH3 is 1. The molecule has 0 aliphatic heterocycles. The Morgan fingerprint density at radius 3 is 3.00 bits per heavy atom. The highest BCUT2D eigenvalue weighted by atomic mass is 16.5. The summed E-state index contributed by atoms with van der Waals surface area (Å²) in [6.45, 7) is 2.35. The van der Waals surface area contributed by atoms with Crippen LogP contribution in [0.2, 0.25) is 0 Å². The lowest BCUT2D eigenvalue weighted by Crippen LogP contribution is -2.11. The highest BCUT2D eigenvalue weighted by Crippen LogP contribution is 2.14. The number of aryl methyl sites for hydroxylation is 1. The standard InChI is InChI=1S/C10H15N3O2/c1-7-3-4-8(11)10(13-7)12-6-5-9(14)15-2/h3-4H,5-6,11H2,1-2H3,(H,12,13). The van der Waals surface area contributed by atoms with Gasteiger partial charge in [0.15, 0.2) is 0 Å². The average molecular weight is 209 g/mol. The van der Waals surface area contributed by atoms with E-state index in [9.17, 15) is 4.79 Å². The Morgan fingerprint density at radius 1 is 1.60 bits per heavy atom. The number of pyridine rings is 1. The van der Waals surface area contributed by atoms with Gasteiger partial charge in [-0.3, -0.25) is 4.79 Å². The van der Waals surface area contributed by atoms with Crippen LogP contribution in [0.15, 0.2) is 12.1 Å². The maximum atomic E-state index is 10.8. The molecular formula is C10H15N3O2. The van der Waals surface area contributed by atoms with Crippen molar-refractivity contribution in [1.82, 2.24) is 4.98 Å². The number of rotatable bonds is 4. The van der Waals surface area contributed by atoms with Gasteiger partial charge in [-0.05, 0) is 19.1 Å². The molecule has 1 aromatic heterocycles. The molecule has 15 heavy (non-hydrogen) atoms. The zero-order valence-electron chi connectivity index (χ0n) is 8.91. The van der Waals surface area contributed by atoms with E-state index in [1.54, 1.807) is 6.07 Å². The van der Waals surface area contributed by atoms with Crippen molar-refractivity contribution in [2.45, 2.75) is 13.3 Å². The smallest absolute Gasteiger partial charge is 0.307 e. The highest BCUT2D eigenvalue weighted by molar-refractivity contribution is 5.70. The molecule has 3 N–H and O–H groups in total.